The minimum absolute atomic E-state index is 0.132. The lowest BCUT2D eigenvalue weighted by Crippen LogP contribution is -2.38. The Labute approximate surface area is 211 Å². The summed E-state index contributed by atoms with van der Waals surface area (Å²) in [6, 6.07) is 16.7. The second-order valence-corrected chi connectivity index (χ2v) is 10.0. The molecule has 0 spiro atoms. The summed E-state index contributed by atoms with van der Waals surface area (Å²) in [4.78, 5) is 9.87. The summed E-state index contributed by atoms with van der Waals surface area (Å²) in [5.74, 6) is -0.500. The molecular formula is C25H21F3N4O4S. The third-order valence-corrected chi connectivity index (χ3v) is 7.50. The molecule has 12 heteroatoms. The summed E-state index contributed by atoms with van der Waals surface area (Å²) < 4.78 is 68.0. The van der Waals surface area contributed by atoms with E-state index in [1.807, 2.05) is 12.1 Å². The number of piperidine rings is 1. The summed E-state index contributed by atoms with van der Waals surface area (Å²) in [6.45, 7) is 0.264. The van der Waals surface area contributed by atoms with E-state index in [1.54, 1.807) is 36.7 Å². The monoisotopic (exact) mass is 530 g/mol. The number of benzene rings is 2. The predicted molar refractivity (Wildman–Crippen MR) is 127 cm³/mol. The van der Waals surface area contributed by atoms with Crippen molar-refractivity contribution in [3.63, 3.8) is 0 Å². The molecule has 2 aromatic carbocycles. The molecule has 1 aromatic heterocycles. The maximum atomic E-state index is 12.9. The van der Waals surface area contributed by atoms with Crippen LogP contribution in [0.25, 0.3) is 0 Å². The number of rotatable bonds is 7. The lowest BCUT2D eigenvalue weighted by atomic mass is 10.0. The third-order valence-electron chi connectivity index (χ3n) is 5.59. The summed E-state index contributed by atoms with van der Waals surface area (Å²) in [7, 11) is -3.91. The zero-order valence-electron chi connectivity index (χ0n) is 19.3. The van der Waals surface area contributed by atoms with E-state index in [2.05, 4.69) is 20.9 Å². The Hall–Kier alpha value is -3.95. The first kappa shape index (κ1) is 26.1. The molecule has 37 heavy (non-hydrogen) atoms. The fraction of sp³-hybridized carbons (Fsp3) is 0.240. The third kappa shape index (κ3) is 6.63. The van der Waals surface area contributed by atoms with Crippen molar-refractivity contribution in [2.75, 3.05) is 13.1 Å². The highest BCUT2D eigenvalue weighted by Crippen LogP contribution is 2.28. The molecule has 8 nitrogen and oxygen atoms in total. The van der Waals surface area contributed by atoms with Gasteiger partial charge < -0.3 is 9.57 Å². The van der Waals surface area contributed by atoms with Gasteiger partial charge in [0.05, 0.1) is 22.2 Å². The van der Waals surface area contributed by atoms with Crippen molar-refractivity contribution in [2.24, 2.45) is 5.16 Å². The van der Waals surface area contributed by atoms with E-state index in [4.69, 9.17) is 4.84 Å². The van der Waals surface area contributed by atoms with E-state index in [0.717, 1.165) is 35.4 Å². The topological polar surface area (TPSA) is 105 Å². The van der Waals surface area contributed by atoms with E-state index in [1.165, 1.54) is 4.31 Å². The quantitative estimate of drug-likeness (QED) is 0.407. The highest BCUT2D eigenvalue weighted by molar-refractivity contribution is 7.89. The van der Waals surface area contributed by atoms with Crippen LogP contribution in [0.4, 0.5) is 13.2 Å². The number of nitriles is 1. The van der Waals surface area contributed by atoms with Crippen LogP contribution in [0.15, 0.2) is 83.1 Å². The molecule has 0 bridgehead atoms. The van der Waals surface area contributed by atoms with Crippen LogP contribution in [-0.4, -0.2) is 42.9 Å². The smallest absolute Gasteiger partial charge is 0.406 e. The van der Waals surface area contributed by atoms with Crippen LogP contribution in [0.5, 0.6) is 5.75 Å². The number of alkyl halides is 3. The zero-order valence-corrected chi connectivity index (χ0v) is 20.1. The van der Waals surface area contributed by atoms with Crippen molar-refractivity contribution < 1.29 is 31.2 Å². The van der Waals surface area contributed by atoms with Crippen LogP contribution in [0, 0.1) is 11.3 Å². The first-order valence-electron chi connectivity index (χ1n) is 11.1. The number of nitrogens with zero attached hydrogens (tertiary/aromatic N) is 4. The molecule has 0 N–H and O–H groups in total. The molecule has 2 heterocycles. The van der Waals surface area contributed by atoms with Gasteiger partial charge in [-0.1, -0.05) is 23.4 Å². The maximum Gasteiger partial charge on any atom is 0.573 e. The van der Waals surface area contributed by atoms with E-state index in [-0.39, 0.29) is 18.0 Å². The largest absolute Gasteiger partial charge is 0.573 e. The van der Waals surface area contributed by atoms with Crippen LogP contribution in [-0.2, 0) is 14.9 Å². The number of oxime groups is 1. The van der Waals surface area contributed by atoms with Crippen LogP contribution >= 0.6 is 0 Å². The SMILES string of the molecule is N#Cc1cccc(C(ON=C2CCN(S(=O)(=O)c3ccc(OC(F)(F)F)cc3)CC2)c2cccnc2)c1. The molecule has 0 amide bonds. The highest BCUT2D eigenvalue weighted by Gasteiger charge is 2.32. The van der Waals surface area contributed by atoms with Crippen LogP contribution in [0.3, 0.4) is 0 Å². The van der Waals surface area contributed by atoms with E-state index < -0.39 is 28.2 Å². The summed E-state index contributed by atoms with van der Waals surface area (Å²) in [5.41, 5.74) is 2.58. The van der Waals surface area contributed by atoms with Crippen molar-refractivity contribution in [3.05, 3.63) is 89.7 Å². The fourth-order valence-corrected chi connectivity index (χ4v) is 5.22. The highest BCUT2D eigenvalue weighted by atomic mass is 32.2. The zero-order chi connectivity index (χ0) is 26.5. The number of sulfonamides is 1. The van der Waals surface area contributed by atoms with Gasteiger partial charge in [0, 0.05) is 49.5 Å². The number of ether oxygens (including phenoxy) is 1. The Bertz CT molecular complexity index is 1400. The maximum absolute atomic E-state index is 12.9. The van der Waals surface area contributed by atoms with E-state index in [9.17, 15) is 26.9 Å². The fourth-order valence-electron chi connectivity index (χ4n) is 3.78. The minimum Gasteiger partial charge on any atom is -0.406 e. The summed E-state index contributed by atoms with van der Waals surface area (Å²) >= 11 is 0. The van der Waals surface area contributed by atoms with Gasteiger partial charge >= 0.3 is 6.36 Å². The summed E-state index contributed by atoms with van der Waals surface area (Å²) in [5, 5.41) is 13.5. The van der Waals surface area contributed by atoms with Crippen molar-refractivity contribution in [1.82, 2.24) is 9.29 Å². The van der Waals surface area contributed by atoms with Gasteiger partial charge in [0.15, 0.2) is 6.10 Å². The molecule has 3 aromatic rings. The molecule has 4 rings (SSSR count). The molecule has 0 radical (unpaired) electrons. The molecule has 1 aliphatic heterocycles. The lowest BCUT2D eigenvalue weighted by molar-refractivity contribution is -0.274. The van der Waals surface area contributed by atoms with Crippen molar-refractivity contribution in [1.29, 1.82) is 5.26 Å². The molecule has 1 aliphatic rings. The normalized spacial score (nSPS) is 15.5. The number of hydrogen-bond donors (Lipinski definition) is 0. The van der Waals surface area contributed by atoms with Crippen molar-refractivity contribution >= 4 is 15.7 Å². The van der Waals surface area contributed by atoms with Gasteiger partial charge in [-0.25, -0.2) is 8.42 Å². The molecule has 1 atom stereocenters. The lowest BCUT2D eigenvalue weighted by Gasteiger charge is -2.27. The Kier molecular flexibility index (Phi) is 7.75. The molecule has 0 saturated carbocycles. The predicted octanol–water partition coefficient (Wildman–Crippen LogP) is 4.80. The number of aromatic nitrogens is 1. The first-order chi connectivity index (χ1) is 17.7. The van der Waals surface area contributed by atoms with E-state index >= 15 is 0 Å². The number of halogens is 3. The second-order valence-electron chi connectivity index (χ2n) is 8.09. The average Bonchev–Trinajstić information content (AvgIpc) is 2.89. The number of pyridine rings is 1. The second kappa shape index (κ2) is 11.0. The Morgan fingerprint density at radius 3 is 2.35 bits per heavy atom. The van der Waals surface area contributed by atoms with Gasteiger partial charge in [-0.3, -0.25) is 4.98 Å². The molecule has 1 unspecified atom stereocenters. The number of hydrogen-bond acceptors (Lipinski definition) is 7. The average molecular weight is 531 g/mol. The van der Waals surface area contributed by atoms with Gasteiger partial charge in [0.25, 0.3) is 0 Å². The molecule has 0 aliphatic carbocycles. The standard InChI is InChI=1S/C25H21F3N4O4S/c26-25(27,28)35-22-6-8-23(9-7-22)37(33,34)32-13-10-21(11-14-32)31-36-24(20-5-2-12-30-17-20)19-4-1-3-18(15-19)16-29/h1-9,12,15,17,24H,10-11,13-14H2. The van der Waals surface area contributed by atoms with E-state index in [0.29, 0.717) is 24.1 Å². The van der Waals surface area contributed by atoms with Crippen LogP contribution in [0.1, 0.15) is 35.6 Å². The Balaban J connectivity index is 1.44. The van der Waals surface area contributed by atoms with Crippen molar-refractivity contribution in [3.8, 4) is 11.8 Å². The van der Waals surface area contributed by atoms with Gasteiger partial charge in [-0.05, 0) is 42.5 Å². The minimum atomic E-state index is -4.86. The molecule has 1 fully saturated rings. The van der Waals surface area contributed by atoms with Gasteiger partial charge in [0.2, 0.25) is 10.0 Å². The van der Waals surface area contributed by atoms with Gasteiger partial charge in [-0.15, -0.1) is 13.2 Å². The first-order valence-corrected chi connectivity index (χ1v) is 12.6. The van der Waals surface area contributed by atoms with Gasteiger partial charge in [0.1, 0.15) is 5.75 Å². The molecule has 192 valence electrons. The molecular weight excluding hydrogens is 509 g/mol. The van der Waals surface area contributed by atoms with Crippen LogP contribution in [0.2, 0.25) is 0 Å². The van der Waals surface area contributed by atoms with Crippen LogP contribution < -0.4 is 4.74 Å². The van der Waals surface area contributed by atoms with Crippen molar-refractivity contribution in [2.45, 2.75) is 30.2 Å². The Morgan fingerprint density at radius 2 is 1.73 bits per heavy atom. The summed E-state index contributed by atoms with van der Waals surface area (Å²) in [6.07, 6.45) is -1.58. The Morgan fingerprint density at radius 1 is 1.03 bits per heavy atom. The van der Waals surface area contributed by atoms with Gasteiger partial charge in [-0.2, -0.15) is 9.57 Å². The molecule has 1 saturated heterocycles.